The van der Waals surface area contributed by atoms with E-state index in [-0.39, 0.29) is 17.8 Å². The molecule has 1 atom stereocenters. The third-order valence-corrected chi connectivity index (χ3v) is 3.93. The van der Waals surface area contributed by atoms with E-state index in [1.54, 1.807) is 6.07 Å². The maximum Gasteiger partial charge on any atom is 0.276 e. The number of carbonyl (C=O) groups is 2. The second-order valence-corrected chi connectivity index (χ2v) is 7.31. The predicted molar refractivity (Wildman–Crippen MR) is 98.2 cm³/mol. The summed E-state index contributed by atoms with van der Waals surface area (Å²) in [5, 5.41) is 8.07. The lowest BCUT2D eigenvalue weighted by Gasteiger charge is -2.32. The van der Waals surface area contributed by atoms with Crippen molar-refractivity contribution in [2.45, 2.75) is 32.4 Å². The Morgan fingerprint density at radius 3 is 2.62 bits per heavy atom. The lowest BCUT2D eigenvalue weighted by molar-refractivity contribution is -0.127. The van der Waals surface area contributed by atoms with Crippen molar-refractivity contribution in [3.63, 3.8) is 0 Å². The van der Waals surface area contributed by atoms with Crippen LogP contribution < -0.4 is 5.32 Å². The van der Waals surface area contributed by atoms with Gasteiger partial charge in [0.1, 0.15) is 11.9 Å². The van der Waals surface area contributed by atoms with Gasteiger partial charge in [0.05, 0.1) is 0 Å². The van der Waals surface area contributed by atoms with Crippen molar-refractivity contribution in [2.75, 3.05) is 6.54 Å². The number of benzene rings is 1. The number of amides is 2. The van der Waals surface area contributed by atoms with Crippen molar-refractivity contribution < 1.29 is 14.0 Å². The van der Waals surface area contributed by atoms with Crippen molar-refractivity contribution in [3.05, 3.63) is 59.4 Å². The van der Waals surface area contributed by atoms with Crippen LogP contribution in [0.4, 0.5) is 4.39 Å². The molecule has 0 saturated heterocycles. The zero-order chi connectivity index (χ0) is 19.3. The number of nitrogens with one attached hydrogen (secondary N) is 1. The Morgan fingerprint density at radius 2 is 2.08 bits per heavy atom. The minimum atomic E-state index is -1.16. The standard InChI is InChI=1S/C18H21FN4O2S/c1-5-10-23(17(25)14-11-26-22-21-14)15(16(24)20-18(2,3)4)12-8-6-7-9-13(12)19/h5-9,11,15H,1,10H2,2-4H3,(H,20,24)/t15-/m0/s1. The van der Waals surface area contributed by atoms with Crippen LogP contribution in [0.15, 0.2) is 42.3 Å². The van der Waals surface area contributed by atoms with Crippen LogP contribution in [0.25, 0.3) is 0 Å². The van der Waals surface area contributed by atoms with Gasteiger partial charge < -0.3 is 10.2 Å². The van der Waals surface area contributed by atoms with E-state index in [0.29, 0.717) is 0 Å². The Balaban J connectivity index is 2.52. The molecule has 1 N–H and O–H groups in total. The van der Waals surface area contributed by atoms with Crippen LogP contribution in [0.1, 0.15) is 42.9 Å². The number of carbonyl (C=O) groups excluding carboxylic acids is 2. The van der Waals surface area contributed by atoms with E-state index in [0.717, 1.165) is 11.5 Å². The van der Waals surface area contributed by atoms with Crippen LogP contribution in [-0.2, 0) is 4.79 Å². The summed E-state index contributed by atoms with van der Waals surface area (Å²) in [6.45, 7) is 9.13. The van der Waals surface area contributed by atoms with E-state index >= 15 is 0 Å². The first-order valence-electron chi connectivity index (χ1n) is 8.00. The Bertz CT molecular complexity index is 787. The molecule has 0 spiro atoms. The van der Waals surface area contributed by atoms with Gasteiger partial charge in [0.25, 0.3) is 5.91 Å². The number of rotatable bonds is 6. The monoisotopic (exact) mass is 376 g/mol. The number of hydrogen-bond donors (Lipinski definition) is 1. The van der Waals surface area contributed by atoms with E-state index in [4.69, 9.17) is 0 Å². The van der Waals surface area contributed by atoms with Crippen molar-refractivity contribution >= 4 is 23.3 Å². The van der Waals surface area contributed by atoms with Crippen molar-refractivity contribution in [1.29, 1.82) is 0 Å². The lowest BCUT2D eigenvalue weighted by Crippen LogP contribution is -2.49. The second-order valence-electron chi connectivity index (χ2n) is 6.70. The molecule has 1 aromatic carbocycles. The fourth-order valence-corrected chi connectivity index (χ4v) is 2.87. The quantitative estimate of drug-likeness (QED) is 0.787. The summed E-state index contributed by atoms with van der Waals surface area (Å²) in [5.41, 5.74) is -0.347. The van der Waals surface area contributed by atoms with E-state index < -0.39 is 29.2 Å². The maximum atomic E-state index is 14.5. The number of halogens is 1. The zero-order valence-corrected chi connectivity index (χ0v) is 15.7. The summed E-state index contributed by atoms with van der Waals surface area (Å²) in [4.78, 5) is 27.1. The average Bonchev–Trinajstić information content (AvgIpc) is 3.08. The molecule has 0 aliphatic heterocycles. The van der Waals surface area contributed by atoms with Gasteiger partial charge in [-0.2, -0.15) is 0 Å². The Morgan fingerprint density at radius 1 is 1.38 bits per heavy atom. The van der Waals surface area contributed by atoms with Gasteiger partial charge in [0.15, 0.2) is 5.69 Å². The molecule has 0 aliphatic rings. The topological polar surface area (TPSA) is 75.2 Å². The Labute approximate surface area is 155 Å². The fraction of sp³-hybridized carbons (Fsp3) is 0.333. The minimum absolute atomic E-state index is 0.0485. The largest absolute Gasteiger partial charge is 0.349 e. The molecule has 138 valence electrons. The molecule has 0 fully saturated rings. The molecule has 2 rings (SSSR count). The molecule has 26 heavy (non-hydrogen) atoms. The smallest absolute Gasteiger partial charge is 0.276 e. The summed E-state index contributed by atoms with van der Waals surface area (Å²) in [5.74, 6) is -1.57. The normalized spacial score (nSPS) is 12.3. The Kier molecular flexibility index (Phi) is 6.20. The van der Waals surface area contributed by atoms with Crippen molar-refractivity contribution in [1.82, 2.24) is 19.8 Å². The highest BCUT2D eigenvalue weighted by molar-refractivity contribution is 7.03. The van der Waals surface area contributed by atoms with Gasteiger partial charge >= 0.3 is 0 Å². The lowest BCUT2D eigenvalue weighted by atomic mass is 10.0. The predicted octanol–water partition coefficient (Wildman–Crippen LogP) is 2.96. The first-order valence-corrected chi connectivity index (χ1v) is 8.83. The molecule has 0 saturated carbocycles. The summed E-state index contributed by atoms with van der Waals surface area (Å²) < 4.78 is 18.2. The highest BCUT2D eigenvalue weighted by atomic mass is 32.1. The third kappa shape index (κ3) is 4.72. The molecule has 0 unspecified atom stereocenters. The summed E-state index contributed by atoms with van der Waals surface area (Å²) in [6, 6.07) is 4.74. The molecular weight excluding hydrogens is 355 g/mol. The van der Waals surface area contributed by atoms with Crippen LogP contribution in [0.3, 0.4) is 0 Å². The van der Waals surface area contributed by atoms with Gasteiger partial charge in [-0.25, -0.2) is 4.39 Å². The first kappa shape index (κ1) is 19.7. The van der Waals surface area contributed by atoms with Gasteiger partial charge in [-0.15, -0.1) is 11.7 Å². The maximum absolute atomic E-state index is 14.5. The third-order valence-electron chi connectivity index (χ3n) is 3.42. The van der Waals surface area contributed by atoms with Crippen LogP contribution >= 0.6 is 11.5 Å². The molecule has 1 aromatic heterocycles. The fourth-order valence-electron chi connectivity index (χ4n) is 2.44. The van der Waals surface area contributed by atoms with E-state index in [2.05, 4.69) is 21.5 Å². The van der Waals surface area contributed by atoms with E-state index in [1.807, 2.05) is 20.8 Å². The van der Waals surface area contributed by atoms with Crippen LogP contribution in [-0.4, -0.2) is 38.4 Å². The van der Waals surface area contributed by atoms with Gasteiger partial charge in [-0.05, 0) is 38.4 Å². The van der Waals surface area contributed by atoms with E-state index in [1.165, 1.54) is 34.6 Å². The van der Waals surface area contributed by atoms with Crippen molar-refractivity contribution in [2.24, 2.45) is 0 Å². The van der Waals surface area contributed by atoms with Gasteiger partial charge in [-0.3, -0.25) is 9.59 Å². The molecule has 2 aromatic rings. The van der Waals surface area contributed by atoms with Gasteiger partial charge in [-0.1, -0.05) is 28.8 Å². The number of nitrogens with zero attached hydrogens (tertiary/aromatic N) is 3. The molecule has 0 bridgehead atoms. The van der Waals surface area contributed by atoms with E-state index in [9.17, 15) is 14.0 Å². The molecule has 0 radical (unpaired) electrons. The molecule has 2 amide bonds. The van der Waals surface area contributed by atoms with Crippen molar-refractivity contribution in [3.8, 4) is 0 Å². The zero-order valence-electron chi connectivity index (χ0n) is 14.9. The van der Waals surface area contributed by atoms with Crippen LogP contribution in [0, 0.1) is 5.82 Å². The SMILES string of the molecule is C=CCN(C(=O)c1csnn1)[C@H](C(=O)NC(C)(C)C)c1ccccc1F. The van der Waals surface area contributed by atoms with Crippen LogP contribution in [0.2, 0.25) is 0 Å². The highest BCUT2D eigenvalue weighted by Gasteiger charge is 2.35. The highest BCUT2D eigenvalue weighted by Crippen LogP contribution is 2.26. The summed E-state index contributed by atoms with van der Waals surface area (Å²) in [7, 11) is 0. The average molecular weight is 376 g/mol. The molecule has 0 aliphatic carbocycles. The number of aromatic nitrogens is 2. The number of hydrogen-bond acceptors (Lipinski definition) is 5. The summed E-state index contributed by atoms with van der Waals surface area (Å²) in [6.07, 6.45) is 1.48. The van der Waals surface area contributed by atoms with Gasteiger partial charge in [0, 0.05) is 23.0 Å². The second kappa shape index (κ2) is 8.18. The molecule has 1 heterocycles. The molecular formula is C18H21FN4O2S. The molecule has 6 nitrogen and oxygen atoms in total. The first-order chi connectivity index (χ1) is 12.2. The Hall–Kier alpha value is -2.61. The minimum Gasteiger partial charge on any atom is -0.349 e. The molecule has 8 heteroatoms. The van der Waals surface area contributed by atoms with Gasteiger partial charge in [0.2, 0.25) is 5.91 Å². The summed E-state index contributed by atoms with van der Waals surface area (Å²) >= 11 is 1.02. The van der Waals surface area contributed by atoms with Crippen LogP contribution in [0.5, 0.6) is 0 Å².